The molecular formula is C26H27N3O4. The molecule has 4 rings (SSSR count). The number of aromatic nitrogens is 1. The Kier molecular flexibility index (Phi) is 6.58. The molecule has 170 valence electrons. The summed E-state index contributed by atoms with van der Waals surface area (Å²) in [5.74, 6) is 0.688. The number of amides is 2. The van der Waals surface area contributed by atoms with Crippen LogP contribution in [0.25, 0.3) is 12.2 Å². The second-order valence-electron chi connectivity index (χ2n) is 8.36. The maximum Gasteiger partial charge on any atom is 0.289 e. The van der Waals surface area contributed by atoms with Gasteiger partial charge in [-0.3, -0.25) is 14.6 Å². The molecule has 0 atom stereocenters. The third kappa shape index (κ3) is 5.49. The van der Waals surface area contributed by atoms with Gasteiger partial charge >= 0.3 is 0 Å². The Bertz CT molecular complexity index is 1100. The minimum absolute atomic E-state index is 0.103. The first-order valence-electron chi connectivity index (χ1n) is 10.9. The smallest absolute Gasteiger partial charge is 0.289 e. The Hall–Kier alpha value is -3.87. The zero-order valence-corrected chi connectivity index (χ0v) is 18.8. The van der Waals surface area contributed by atoms with Crippen molar-refractivity contribution in [2.45, 2.75) is 19.4 Å². The van der Waals surface area contributed by atoms with Gasteiger partial charge in [-0.1, -0.05) is 24.3 Å². The lowest BCUT2D eigenvalue weighted by Gasteiger charge is -2.38. The number of furan rings is 1. The maximum atomic E-state index is 13.1. The van der Waals surface area contributed by atoms with E-state index in [0.717, 1.165) is 11.1 Å². The van der Waals surface area contributed by atoms with E-state index < -0.39 is 5.60 Å². The number of hydrogen-bond donors (Lipinski definition) is 0. The van der Waals surface area contributed by atoms with E-state index in [2.05, 4.69) is 4.98 Å². The van der Waals surface area contributed by atoms with E-state index >= 15 is 0 Å². The van der Waals surface area contributed by atoms with E-state index in [0.29, 0.717) is 37.7 Å². The highest BCUT2D eigenvalue weighted by Gasteiger charge is 2.36. The Morgan fingerprint density at radius 2 is 1.52 bits per heavy atom. The summed E-state index contributed by atoms with van der Waals surface area (Å²) < 4.78 is 11.2. The van der Waals surface area contributed by atoms with Crippen molar-refractivity contribution in [3.8, 4) is 5.75 Å². The molecule has 1 saturated heterocycles. The molecule has 2 amide bonds. The Balaban J connectivity index is 1.32. The summed E-state index contributed by atoms with van der Waals surface area (Å²) in [5.41, 5.74) is 1.07. The van der Waals surface area contributed by atoms with Crippen molar-refractivity contribution < 1.29 is 18.7 Å². The molecule has 0 aliphatic carbocycles. The molecule has 0 radical (unpaired) electrons. The number of benzene rings is 1. The predicted molar refractivity (Wildman–Crippen MR) is 126 cm³/mol. The molecule has 0 unspecified atom stereocenters. The third-order valence-electron chi connectivity index (χ3n) is 5.53. The minimum atomic E-state index is -1.03. The summed E-state index contributed by atoms with van der Waals surface area (Å²) in [5, 5.41) is 0. The van der Waals surface area contributed by atoms with Gasteiger partial charge in [0.25, 0.3) is 11.8 Å². The summed E-state index contributed by atoms with van der Waals surface area (Å²) in [6.07, 6.45) is 9.02. The van der Waals surface area contributed by atoms with Gasteiger partial charge < -0.3 is 19.0 Å². The fourth-order valence-corrected chi connectivity index (χ4v) is 3.70. The van der Waals surface area contributed by atoms with Crippen LogP contribution in [0, 0.1) is 0 Å². The number of piperazine rings is 1. The lowest BCUT2D eigenvalue weighted by Crippen LogP contribution is -2.56. The van der Waals surface area contributed by atoms with Crippen LogP contribution in [0.5, 0.6) is 5.75 Å². The number of carbonyl (C=O) groups excluding carboxylic acids is 2. The molecule has 3 heterocycles. The van der Waals surface area contributed by atoms with Crippen LogP contribution < -0.4 is 4.74 Å². The van der Waals surface area contributed by atoms with E-state index in [1.807, 2.05) is 48.6 Å². The number of pyridine rings is 1. The molecule has 0 saturated carbocycles. The molecule has 0 spiro atoms. The first-order valence-corrected chi connectivity index (χ1v) is 10.9. The second kappa shape index (κ2) is 9.73. The van der Waals surface area contributed by atoms with Gasteiger partial charge in [-0.2, -0.15) is 0 Å². The fraction of sp³-hybridized carbons (Fsp3) is 0.269. The number of ether oxygens (including phenoxy) is 1. The average Bonchev–Trinajstić information content (AvgIpc) is 3.38. The highest BCUT2D eigenvalue weighted by atomic mass is 16.5. The van der Waals surface area contributed by atoms with Crippen LogP contribution in [-0.2, 0) is 4.79 Å². The van der Waals surface area contributed by atoms with Crippen molar-refractivity contribution in [3.05, 3.63) is 84.1 Å². The minimum Gasteiger partial charge on any atom is -0.478 e. The van der Waals surface area contributed by atoms with Crippen LogP contribution in [0.3, 0.4) is 0 Å². The maximum absolute atomic E-state index is 13.1. The number of carbonyl (C=O) groups is 2. The van der Waals surface area contributed by atoms with Crippen molar-refractivity contribution in [2.75, 3.05) is 26.2 Å². The first-order chi connectivity index (χ1) is 15.9. The molecule has 33 heavy (non-hydrogen) atoms. The van der Waals surface area contributed by atoms with Gasteiger partial charge in [0.05, 0.1) is 6.26 Å². The van der Waals surface area contributed by atoms with E-state index in [9.17, 15) is 9.59 Å². The first kappa shape index (κ1) is 22.3. The molecule has 3 aromatic rings. The van der Waals surface area contributed by atoms with Crippen LogP contribution >= 0.6 is 0 Å². The SMILES string of the molecule is CC(C)(Oc1ccc(/C=C/c2ccncc2)cc1)C(=O)N1CCN(C(=O)c2ccco2)CC1. The molecule has 1 fully saturated rings. The van der Waals surface area contributed by atoms with Crippen molar-refractivity contribution in [3.63, 3.8) is 0 Å². The van der Waals surface area contributed by atoms with Crippen molar-refractivity contribution in [2.24, 2.45) is 0 Å². The predicted octanol–water partition coefficient (Wildman–Crippen LogP) is 3.99. The summed E-state index contributed by atoms with van der Waals surface area (Å²) >= 11 is 0. The van der Waals surface area contributed by atoms with Crippen molar-refractivity contribution in [1.82, 2.24) is 14.8 Å². The monoisotopic (exact) mass is 445 g/mol. The van der Waals surface area contributed by atoms with Gasteiger partial charge in [0.15, 0.2) is 11.4 Å². The molecule has 1 aliphatic heterocycles. The van der Waals surface area contributed by atoms with Gasteiger partial charge in [0.1, 0.15) is 5.75 Å². The van der Waals surface area contributed by atoms with Crippen LogP contribution in [0.2, 0.25) is 0 Å². The summed E-state index contributed by atoms with van der Waals surface area (Å²) in [7, 11) is 0. The molecular weight excluding hydrogens is 418 g/mol. The zero-order chi connectivity index (χ0) is 23.3. The number of rotatable bonds is 6. The van der Waals surface area contributed by atoms with E-state index in [4.69, 9.17) is 9.15 Å². The largest absolute Gasteiger partial charge is 0.478 e. The summed E-state index contributed by atoms with van der Waals surface area (Å²) in [6, 6.07) is 14.8. The number of nitrogens with zero attached hydrogens (tertiary/aromatic N) is 3. The molecule has 1 aromatic carbocycles. The van der Waals surface area contributed by atoms with Crippen molar-refractivity contribution >= 4 is 24.0 Å². The van der Waals surface area contributed by atoms with E-state index in [1.54, 1.807) is 48.2 Å². The normalized spacial score (nSPS) is 14.5. The van der Waals surface area contributed by atoms with Gasteiger partial charge in [-0.15, -0.1) is 0 Å². The molecule has 2 aromatic heterocycles. The van der Waals surface area contributed by atoms with Crippen LogP contribution in [-0.4, -0.2) is 58.4 Å². The van der Waals surface area contributed by atoms with Crippen LogP contribution in [0.15, 0.2) is 71.6 Å². The number of hydrogen-bond acceptors (Lipinski definition) is 5. The van der Waals surface area contributed by atoms with Gasteiger partial charge in [0, 0.05) is 38.6 Å². The standard InChI is InChI=1S/C26H27N3O4/c1-26(2,25(31)29-17-15-28(16-18-29)24(30)23-4-3-19-32-23)33-22-9-7-20(8-10-22)5-6-21-11-13-27-14-12-21/h3-14,19H,15-18H2,1-2H3/b6-5+. The summed E-state index contributed by atoms with van der Waals surface area (Å²) in [6.45, 7) is 5.37. The Morgan fingerprint density at radius 1 is 0.909 bits per heavy atom. The van der Waals surface area contributed by atoms with Crippen LogP contribution in [0.4, 0.5) is 0 Å². The summed E-state index contributed by atoms with van der Waals surface area (Å²) in [4.78, 5) is 33.0. The Labute approximate surface area is 193 Å². The average molecular weight is 446 g/mol. The molecule has 0 N–H and O–H groups in total. The Morgan fingerprint density at radius 3 is 2.12 bits per heavy atom. The molecule has 7 heteroatoms. The van der Waals surface area contributed by atoms with Crippen LogP contribution in [0.1, 0.15) is 35.5 Å². The lowest BCUT2D eigenvalue weighted by molar-refractivity contribution is -0.147. The topological polar surface area (TPSA) is 75.9 Å². The van der Waals surface area contributed by atoms with E-state index in [1.165, 1.54) is 6.26 Å². The quantitative estimate of drug-likeness (QED) is 0.574. The molecule has 7 nitrogen and oxygen atoms in total. The highest BCUT2D eigenvalue weighted by molar-refractivity contribution is 5.92. The molecule has 0 bridgehead atoms. The second-order valence-corrected chi connectivity index (χ2v) is 8.36. The van der Waals surface area contributed by atoms with E-state index in [-0.39, 0.29) is 11.8 Å². The van der Waals surface area contributed by atoms with Gasteiger partial charge in [-0.25, -0.2) is 0 Å². The molecule has 1 aliphatic rings. The third-order valence-corrected chi connectivity index (χ3v) is 5.53. The fourth-order valence-electron chi connectivity index (χ4n) is 3.70. The van der Waals surface area contributed by atoms with Gasteiger partial charge in [-0.05, 0) is 61.4 Å². The van der Waals surface area contributed by atoms with Crippen molar-refractivity contribution in [1.29, 1.82) is 0 Å². The lowest BCUT2D eigenvalue weighted by atomic mass is 10.1. The highest BCUT2D eigenvalue weighted by Crippen LogP contribution is 2.23. The van der Waals surface area contributed by atoms with Gasteiger partial charge in [0.2, 0.25) is 0 Å². The zero-order valence-electron chi connectivity index (χ0n) is 18.8.